The van der Waals surface area contributed by atoms with E-state index in [0.717, 1.165) is 15.4 Å². The van der Waals surface area contributed by atoms with Crippen LogP contribution in [0.15, 0.2) is 24.4 Å². The topological polar surface area (TPSA) is 48.1 Å². The summed E-state index contributed by atoms with van der Waals surface area (Å²) in [6.45, 7) is 0.468. The van der Waals surface area contributed by atoms with Crippen LogP contribution in [0.3, 0.4) is 0 Å². The second kappa shape index (κ2) is 4.59. The molecule has 3 nitrogen and oxygen atoms in total. The van der Waals surface area contributed by atoms with Crippen LogP contribution >= 0.6 is 11.3 Å². The quantitative estimate of drug-likeness (QED) is 0.893. The van der Waals surface area contributed by atoms with Gasteiger partial charge in [-0.2, -0.15) is 0 Å². The van der Waals surface area contributed by atoms with Crippen molar-refractivity contribution in [3.8, 4) is 16.3 Å². The standard InChI is InChI=1S/C11H11FN2OS/c1-15-10-4-7(2-3-9(10)12)11-14-6-8(5-13)16-11/h2-4,6H,5,13H2,1H3. The van der Waals surface area contributed by atoms with Gasteiger partial charge in [0, 0.05) is 23.2 Å². The van der Waals surface area contributed by atoms with Crippen LogP contribution in [0.4, 0.5) is 4.39 Å². The largest absolute Gasteiger partial charge is 0.494 e. The molecule has 0 bridgehead atoms. The van der Waals surface area contributed by atoms with E-state index in [2.05, 4.69) is 4.98 Å². The van der Waals surface area contributed by atoms with Crippen LogP contribution in [0, 0.1) is 5.82 Å². The first-order chi connectivity index (χ1) is 7.74. The van der Waals surface area contributed by atoms with Crippen molar-refractivity contribution >= 4 is 11.3 Å². The Hall–Kier alpha value is -1.46. The Morgan fingerprint density at radius 2 is 2.31 bits per heavy atom. The summed E-state index contributed by atoms with van der Waals surface area (Å²) in [6, 6.07) is 4.68. The molecule has 1 aromatic heterocycles. The molecule has 0 spiro atoms. The summed E-state index contributed by atoms with van der Waals surface area (Å²) in [4.78, 5) is 5.22. The van der Waals surface area contributed by atoms with Crippen LogP contribution in [-0.2, 0) is 6.54 Å². The first kappa shape index (κ1) is 11.0. The molecule has 0 aliphatic rings. The summed E-state index contributed by atoms with van der Waals surface area (Å²) in [5.74, 6) is -0.149. The highest BCUT2D eigenvalue weighted by Crippen LogP contribution is 2.29. The maximum atomic E-state index is 13.2. The second-order valence-electron chi connectivity index (χ2n) is 3.19. The summed E-state index contributed by atoms with van der Waals surface area (Å²) in [7, 11) is 1.44. The van der Waals surface area contributed by atoms with Gasteiger partial charge < -0.3 is 10.5 Å². The van der Waals surface area contributed by atoms with Crippen molar-refractivity contribution in [2.75, 3.05) is 7.11 Å². The van der Waals surface area contributed by atoms with Crippen molar-refractivity contribution in [2.24, 2.45) is 5.73 Å². The van der Waals surface area contributed by atoms with Crippen LogP contribution in [0.1, 0.15) is 4.88 Å². The number of benzene rings is 1. The van der Waals surface area contributed by atoms with E-state index in [1.807, 2.05) is 0 Å². The van der Waals surface area contributed by atoms with Crippen molar-refractivity contribution in [1.82, 2.24) is 4.98 Å². The smallest absolute Gasteiger partial charge is 0.165 e. The van der Waals surface area contributed by atoms with E-state index in [1.54, 1.807) is 18.3 Å². The highest BCUT2D eigenvalue weighted by Gasteiger charge is 2.08. The van der Waals surface area contributed by atoms with Gasteiger partial charge in [0.1, 0.15) is 5.01 Å². The van der Waals surface area contributed by atoms with Gasteiger partial charge in [-0.3, -0.25) is 0 Å². The molecule has 0 unspecified atom stereocenters. The van der Waals surface area contributed by atoms with Gasteiger partial charge >= 0.3 is 0 Å². The van der Waals surface area contributed by atoms with Crippen LogP contribution < -0.4 is 10.5 Å². The van der Waals surface area contributed by atoms with E-state index >= 15 is 0 Å². The fourth-order valence-corrected chi connectivity index (χ4v) is 2.12. The minimum absolute atomic E-state index is 0.224. The molecule has 84 valence electrons. The maximum absolute atomic E-state index is 13.2. The Bertz CT molecular complexity index is 498. The third-order valence-corrected chi connectivity index (χ3v) is 3.22. The van der Waals surface area contributed by atoms with Gasteiger partial charge in [-0.15, -0.1) is 11.3 Å². The number of methoxy groups -OCH3 is 1. The maximum Gasteiger partial charge on any atom is 0.165 e. The minimum atomic E-state index is -0.373. The van der Waals surface area contributed by atoms with E-state index in [9.17, 15) is 4.39 Å². The summed E-state index contributed by atoms with van der Waals surface area (Å²) in [6.07, 6.45) is 1.73. The zero-order chi connectivity index (χ0) is 11.5. The Kier molecular flexibility index (Phi) is 3.17. The number of aromatic nitrogens is 1. The summed E-state index contributed by atoms with van der Waals surface area (Å²) in [5.41, 5.74) is 6.34. The lowest BCUT2D eigenvalue weighted by Crippen LogP contribution is -1.91. The number of hydrogen-bond donors (Lipinski definition) is 1. The molecule has 0 aliphatic carbocycles. The molecule has 0 saturated carbocycles. The molecule has 1 aromatic carbocycles. The van der Waals surface area contributed by atoms with Crippen molar-refractivity contribution in [3.63, 3.8) is 0 Å². The molecule has 0 amide bonds. The molecule has 2 aromatic rings. The fraction of sp³-hybridized carbons (Fsp3) is 0.182. The third kappa shape index (κ3) is 2.05. The number of nitrogens with two attached hydrogens (primary N) is 1. The Morgan fingerprint density at radius 1 is 1.50 bits per heavy atom. The molecule has 2 rings (SSSR count). The molecular formula is C11H11FN2OS. The molecule has 0 fully saturated rings. The highest BCUT2D eigenvalue weighted by molar-refractivity contribution is 7.15. The molecule has 0 atom stereocenters. The molecule has 1 heterocycles. The molecule has 5 heteroatoms. The van der Waals surface area contributed by atoms with Gasteiger partial charge in [0.15, 0.2) is 11.6 Å². The molecule has 16 heavy (non-hydrogen) atoms. The van der Waals surface area contributed by atoms with E-state index in [4.69, 9.17) is 10.5 Å². The first-order valence-electron chi connectivity index (χ1n) is 4.73. The van der Waals surface area contributed by atoms with Crippen molar-refractivity contribution < 1.29 is 9.13 Å². The van der Waals surface area contributed by atoms with Gasteiger partial charge in [0.25, 0.3) is 0 Å². The lowest BCUT2D eigenvalue weighted by atomic mass is 10.2. The lowest BCUT2D eigenvalue weighted by molar-refractivity contribution is 0.387. The van der Waals surface area contributed by atoms with E-state index < -0.39 is 0 Å². The summed E-state index contributed by atoms with van der Waals surface area (Å²) in [5, 5.41) is 0.818. The van der Waals surface area contributed by atoms with E-state index in [1.165, 1.54) is 24.5 Å². The fourth-order valence-electron chi connectivity index (χ4n) is 1.33. The molecule has 2 N–H and O–H groups in total. The zero-order valence-corrected chi connectivity index (χ0v) is 9.55. The minimum Gasteiger partial charge on any atom is -0.494 e. The predicted octanol–water partition coefficient (Wildman–Crippen LogP) is 2.42. The average Bonchev–Trinajstić information content (AvgIpc) is 2.78. The van der Waals surface area contributed by atoms with E-state index in [0.29, 0.717) is 6.54 Å². The normalized spacial score (nSPS) is 10.4. The molecule has 0 saturated heterocycles. The predicted molar refractivity (Wildman–Crippen MR) is 62.0 cm³/mol. The SMILES string of the molecule is COc1cc(-c2ncc(CN)s2)ccc1F. The number of halogens is 1. The first-order valence-corrected chi connectivity index (χ1v) is 5.55. The van der Waals surface area contributed by atoms with Crippen LogP contribution in [0.2, 0.25) is 0 Å². The van der Waals surface area contributed by atoms with Crippen molar-refractivity contribution in [2.45, 2.75) is 6.54 Å². The number of rotatable bonds is 3. The summed E-state index contributed by atoms with van der Waals surface area (Å²) < 4.78 is 18.1. The third-order valence-electron chi connectivity index (χ3n) is 2.15. The number of hydrogen-bond acceptors (Lipinski definition) is 4. The molecular weight excluding hydrogens is 227 g/mol. The van der Waals surface area contributed by atoms with Gasteiger partial charge in [-0.25, -0.2) is 9.37 Å². The lowest BCUT2D eigenvalue weighted by Gasteiger charge is -2.03. The van der Waals surface area contributed by atoms with Crippen LogP contribution in [0.25, 0.3) is 10.6 Å². The number of thiazole rings is 1. The van der Waals surface area contributed by atoms with Crippen molar-refractivity contribution in [1.29, 1.82) is 0 Å². The van der Waals surface area contributed by atoms with Gasteiger partial charge in [-0.1, -0.05) is 0 Å². The Labute approximate surface area is 96.7 Å². The van der Waals surface area contributed by atoms with Gasteiger partial charge in [0.05, 0.1) is 7.11 Å². The molecule has 0 aliphatic heterocycles. The van der Waals surface area contributed by atoms with Crippen LogP contribution in [0.5, 0.6) is 5.75 Å². The van der Waals surface area contributed by atoms with Crippen molar-refractivity contribution in [3.05, 3.63) is 35.1 Å². The Morgan fingerprint density at radius 3 is 2.94 bits per heavy atom. The van der Waals surface area contributed by atoms with E-state index in [-0.39, 0.29) is 11.6 Å². The van der Waals surface area contributed by atoms with Gasteiger partial charge in [0.2, 0.25) is 0 Å². The van der Waals surface area contributed by atoms with Crippen LogP contribution in [-0.4, -0.2) is 12.1 Å². The second-order valence-corrected chi connectivity index (χ2v) is 4.30. The molecule has 0 radical (unpaired) electrons. The number of ether oxygens (including phenoxy) is 1. The monoisotopic (exact) mass is 238 g/mol. The average molecular weight is 238 g/mol. The number of nitrogens with zero attached hydrogens (tertiary/aromatic N) is 1. The highest BCUT2D eigenvalue weighted by atomic mass is 32.1. The zero-order valence-electron chi connectivity index (χ0n) is 8.74. The summed E-state index contributed by atoms with van der Waals surface area (Å²) >= 11 is 1.50. The Balaban J connectivity index is 2.40. The van der Waals surface area contributed by atoms with Gasteiger partial charge in [-0.05, 0) is 18.2 Å².